The Bertz CT molecular complexity index is 1440. The minimum atomic E-state index is -0.638. The molecule has 0 radical (unpaired) electrons. The Morgan fingerprint density at radius 3 is 2.46 bits per heavy atom. The zero-order valence-electron chi connectivity index (χ0n) is 20.1. The van der Waals surface area contributed by atoms with Crippen molar-refractivity contribution in [3.8, 4) is 0 Å². The van der Waals surface area contributed by atoms with Crippen LogP contribution in [0.2, 0.25) is 0 Å². The molecule has 0 spiro atoms. The van der Waals surface area contributed by atoms with Crippen LogP contribution in [0.15, 0.2) is 76.7 Å². The number of hydrogen-bond acceptors (Lipinski definition) is 5. The highest BCUT2D eigenvalue weighted by Gasteiger charge is 2.72. The van der Waals surface area contributed by atoms with E-state index in [4.69, 9.17) is 20.8 Å². The Kier molecular flexibility index (Phi) is 3.99. The molecule has 7 rings (SSSR count). The molecule has 2 aliphatic carbocycles. The SMILES string of the molecule is CCC1(O)CC(N)(c2ccc(C3=NC45CC4(C=Nc4cc(C)nn45)C=C3c3ccccc3)cc2)C1. The molecule has 2 aromatic carbocycles. The molecule has 6 nitrogen and oxygen atoms in total. The van der Waals surface area contributed by atoms with Crippen LogP contribution < -0.4 is 5.73 Å². The molecule has 2 fully saturated rings. The van der Waals surface area contributed by atoms with Gasteiger partial charge in [-0.25, -0.2) is 9.67 Å². The van der Waals surface area contributed by atoms with Gasteiger partial charge in [0, 0.05) is 35.4 Å². The van der Waals surface area contributed by atoms with E-state index < -0.39 is 16.8 Å². The molecule has 2 unspecified atom stereocenters. The minimum absolute atomic E-state index is 0.245. The van der Waals surface area contributed by atoms with E-state index in [2.05, 4.69) is 60.8 Å². The molecule has 0 bridgehead atoms. The van der Waals surface area contributed by atoms with Gasteiger partial charge in [-0.1, -0.05) is 67.6 Å². The number of fused-ring (bicyclic) bond motifs is 1. The number of dihydropyridines is 1. The van der Waals surface area contributed by atoms with Gasteiger partial charge in [0.05, 0.1) is 22.4 Å². The maximum Gasteiger partial charge on any atom is 0.170 e. The molecule has 4 aliphatic rings. The number of hydrogen-bond donors (Lipinski definition) is 2. The Hall–Kier alpha value is -3.35. The molecule has 176 valence electrons. The van der Waals surface area contributed by atoms with Crippen LogP contribution >= 0.6 is 0 Å². The molecule has 2 saturated carbocycles. The van der Waals surface area contributed by atoms with Crippen molar-refractivity contribution in [3.63, 3.8) is 0 Å². The Balaban J connectivity index is 1.32. The maximum atomic E-state index is 10.5. The highest BCUT2D eigenvalue weighted by atomic mass is 16.3. The van der Waals surface area contributed by atoms with E-state index in [9.17, 15) is 5.11 Å². The molecule has 2 aliphatic heterocycles. The molecule has 0 amide bonds. The van der Waals surface area contributed by atoms with Crippen molar-refractivity contribution in [2.45, 2.75) is 56.3 Å². The van der Waals surface area contributed by atoms with E-state index in [1.54, 1.807) is 0 Å². The van der Waals surface area contributed by atoms with E-state index in [0.717, 1.165) is 52.3 Å². The number of rotatable bonds is 4. The summed E-state index contributed by atoms with van der Waals surface area (Å²) < 4.78 is 2.02. The van der Waals surface area contributed by atoms with E-state index in [1.165, 1.54) is 0 Å². The average molecular weight is 464 g/mol. The van der Waals surface area contributed by atoms with E-state index >= 15 is 0 Å². The van der Waals surface area contributed by atoms with Crippen LogP contribution in [0.5, 0.6) is 0 Å². The molecule has 0 saturated heterocycles. The lowest BCUT2D eigenvalue weighted by atomic mass is 9.61. The van der Waals surface area contributed by atoms with Gasteiger partial charge in [0.25, 0.3) is 0 Å². The number of benzene rings is 2. The monoisotopic (exact) mass is 463 g/mol. The Labute approximate surface area is 204 Å². The highest BCUT2D eigenvalue weighted by molar-refractivity contribution is 6.33. The summed E-state index contributed by atoms with van der Waals surface area (Å²) in [5.74, 6) is 0.865. The first-order valence-electron chi connectivity index (χ1n) is 12.4. The predicted octanol–water partition coefficient (Wildman–Crippen LogP) is 4.63. The summed E-state index contributed by atoms with van der Waals surface area (Å²) >= 11 is 0. The van der Waals surface area contributed by atoms with E-state index in [-0.39, 0.29) is 5.41 Å². The van der Waals surface area contributed by atoms with E-state index in [0.29, 0.717) is 12.8 Å². The lowest BCUT2D eigenvalue weighted by Crippen LogP contribution is -2.59. The number of aromatic nitrogens is 2. The molecule has 3 aromatic rings. The summed E-state index contributed by atoms with van der Waals surface area (Å²) in [6.45, 7) is 4.02. The first-order valence-corrected chi connectivity index (χ1v) is 12.4. The van der Waals surface area contributed by atoms with Gasteiger partial charge >= 0.3 is 0 Å². The lowest BCUT2D eigenvalue weighted by Gasteiger charge is -2.51. The third-order valence-corrected chi connectivity index (χ3v) is 8.47. The van der Waals surface area contributed by atoms with Gasteiger partial charge in [-0.3, -0.25) is 4.99 Å². The van der Waals surface area contributed by atoms with Crippen molar-refractivity contribution in [3.05, 3.63) is 89.1 Å². The van der Waals surface area contributed by atoms with Crippen LogP contribution in [0, 0.1) is 12.3 Å². The van der Waals surface area contributed by atoms with Crippen LogP contribution in [0.4, 0.5) is 5.82 Å². The minimum Gasteiger partial charge on any atom is -0.390 e. The van der Waals surface area contributed by atoms with Gasteiger partial charge in [0.1, 0.15) is 0 Å². The van der Waals surface area contributed by atoms with Crippen molar-refractivity contribution in [2.24, 2.45) is 21.1 Å². The van der Waals surface area contributed by atoms with Crippen molar-refractivity contribution < 1.29 is 5.11 Å². The summed E-state index contributed by atoms with van der Waals surface area (Å²) in [4.78, 5) is 10.2. The van der Waals surface area contributed by atoms with Crippen molar-refractivity contribution >= 4 is 23.3 Å². The third kappa shape index (κ3) is 2.81. The fourth-order valence-corrected chi connectivity index (χ4v) is 6.38. The molecule has 35 heavy (non-hydrogen) atoms. The van der Waals surface area contributed by atoms with Gasteiger partial charge in [0.15, 0.2) is 11.5 Å². The second kappa shape index (κ2) is 6.65. The molecular weight excluding hydrogens is 434 g/mol. The fraction of sp³-hybridized carbons (Fsp3) is 0.345. The van der Waals surface area contributed by atoms with Crippen LogP contribution in [0.1, 0.15) is 55.0 Å². The number of allylic oxidation sites excluding steroid dienone is 1. The smallest absolute Gasteiger partial charge is 0.170 e. The van der Waals surface area contributed by atoms with Crippen molar-refractivity contribution in [1.29, 1.82) is 0 Å². The lowest BCUT2D eigenvalue weighted by molar-refractivity contribution is -0.0916. The Morgan fingerprint density at radius 2 is 1.74 bits per heavy atom. The molecular formula is C29H29N5O. The summed E-state index contributed by atoms with van der Waals surface area (Å²) in [6, 6.07) is 20.9. The number of aryl methyl sites for hydroxylation is 1. The van der Waals surface area contributed by atoms with Gasteiger partial charge in [-0.2, -0.15) is 5.10 Å². The van der Waals surface area contributed by atoms with Gasteiger partial charge in [-0.15, -0.1) is 0 Å². The van der Waals surface area contributed by atoms with Crippen LogP contribution in [0.25, 0.3) is 5.57 Å². The van der Waals surface area contributed by atoms with Crippen LogP contribution in [0.3, 0.4) is 0 Å². The quantitative estimate of drug-likeness (QED) is 0.591. The Morgan fingerprint density at radius 1 is 1.00 bits per heavy atom. The second-order valence-electron chi connectivity index (χ2n) is 10.9. The van der Waals surface area contributed by atoms with Gasteiger partial charge in [-0.05, 0) is 37.3 Å². The average Bonchev–Trinajstić information content (AvgIpc) is 3.39. The summed E-state index contributed by atoms with van der Waals surface area (Å²) in [5.41, 5.74) is 11.2. The summed E-state index contributed by atoms with van der Waals surface area (Å²) in [7, 11) is 0. The zero-order valence-corrected chi connectivity index (χ0v) is 20.1. The number of aliphatic imine (C=N–C) groups is 2. The number of aliphatic hydroxyl groups is 1. The first kappa shape index (κ1) is 21.0. The standard InChI is InChI=1S/C29H29N5O/c1-3-27(35)16-28(30,17-27)22-11-9-21(10-12-22)25-23(20-7-5-4-6-8-20)14-26-15-29(26,32-25)34-24(31-18-26)13-19(2)33-34/h4-14,18,35H,3,15-17,30H2,1-2H3. The molecule has 3 heterocycles. The van der Waals surface area contributed by atoms with Crippen molar-refractivity contribution in [2.75, 3.05) is 0 Å². The van der Waals surface area contributed by atoms with Gasteiger partial charge < -0.3 is 10.8 Å². The first-order chi connectivity index (χ1) is 16.8. The van der Waals surface area contributed by atoms with Crippen molar-refractivity contribution in [1.82, 2.24) is 9.78 Å². The number of nitrogens with zero attached hydrogens (tertiary/aromatic N) is 4. The largest absolute Gasteiger partial charge is 0.390 e. The third-order valence-electron chi connectivity index (χ3n) is 8.47. The summed E-state index contributed by atoms with van der Waals surface area (Å²) in [5, 5.41) is 15.3. The van der Waals surface area contributed by atoms with Gasteiger partial charge in [0.2, 0.25) is 0 Å². The molecule has 3 N–H and O–H groups in total. The number of nitrogens with two attached hydrogens (primary N) is 1. The molecule has 1 aromatic heterocycles. The highest BCUT2D eigenvalue weighted by Crippen LogP contribution is 2.68. The molecule has 6 heteroatoms. The zero-order chi connectivity index (χ0) is 24.1. The summed E-state index contributed by atoms with van der Waals surface area (Å²) in [6.07, 6.45) is 7.20. The molecule has 2 atom stereocenters. The maximum absolute atomic E-state index is 10.5. The fourth-order valence-electron chi connectivity index (χ4n) is 6.38. The second-order valence-corrected chi connectivity index (χ2v) is 10.9. The predicted molar refractivity (Wildman–Crippen MR) is 138 cm³/mol. The van der Waals surface area contributed by atoms with Crippen LogP contribution in [-0.4, -0.2) is 32.4 Å². The van der Waals surface area contributed by atoms with E-state index in [1.807, 2.05) is 30.7 Å². The topological polar surface area (TPSA) is 88.8 Å². The normalized spacial score (nSPS) is 34.2. The van der Waals surface area contributed by atoms with Crippen LogP contribution in [-0.2, 0) is 11.2 Å².